The lowest BCUT2D eigenvalue weighted by Gasteiger charge is -2.09. The molecule has 23 heavy (non-hydrogen) atoms. The van der Waals surface area contributed by atoms with Crippen molar-refractivity contribution < 1.29 is 14.4 Å². The van der Waals surface area contributed by atoms with Crippen molar-refractivity contribution in [3.8, 4) is 0 Å². The van der Waals surface area contributed by atoms with E-state index in [9.17, 15) is 9.59 Å². The summed E-state index contributed by atoms with van der Waals surface area (Å²) in [5.41, 5.74) is 7.78. The highest BCUT2D eigenvalue weighted by molar-refractivity contribution is 6.06. The van der Waals surface area contributed by atoms with Gasteiger partial charge in [-0.2, -0.15) is 4.73 Å². The minimum Gasteiger partial charge on any atom is -0.399 e. The second kappa shape index (κ2) is 5.84. The molecule has 3 aromatic rings. The van der Waals surface area contributed by atoms with Crippen molar-refractivity contribution in [1.29, 1.82) is 0 Å². The molecule has 0 saturated heterocycles. The van der Waals surface area contributed by atoms with Crippen LogP contribution in [-0.2, 0) is 4.79 Å². The molecule has 1 amide bonds. The van der Waals surface area contributed by atoms with Crippen molar-refractivity contribution >= 4 is 34.2 Å². The Bertz CT molecular complexity index is 885. The third-order valence-corrected chi connectivity index (χ3v) is 3.27. The smallest absolute Gasteiger partial charge is 0.329 e. The van der Waals surface area contributed by atoms with Gasteiger partial charge in [0.1, 0.15) is 5.69 Å². The summed E-state index contributed by atoms with van der Waals surface area (Å²) in [6, 6.07) is 15.8. The van der Waals surface area contributed by atoms with E-state index in [1.165, 1.54) is 11.7 Å². The molecule has 6 nitrogen and oxygen atoms in total. The van der Waals surface area contributed by atoms with Crippen LogP contribution < -0.4 is 15.9 Å². The van der Waals surface area contributed by atoms with Crippen molar-refractivity contribution in [1.82, 2.24) is 4.73 Å². The van der Waals surface area contributed by atoms with Gasteiger partial charge in [-0.3, -0.25) is 4.79 Å². The number of rotatable bonds is 3. The lowest BCUT2D eigenvalue weighted by Crippen LogP contribution is -2.24. The molecule has 0 saturated carbocycles. The number of nitrogen functional groups attached to an aromatic ring is 1. The van der Waals surface area contributed by atoms with Crippen LogP contribution in [0.3, 0.4) is 0 Å². The highest BCUT2D eigenvalue weighted by Crippen LogP contribution is 2.22. The van der Waals surface area contributed by atoms with E-state index in [0.717, 1.165) is 0 Å². The van der Waals surface area contributed by atoms with Crippen LogP contribution in [0.25, 0.3) is 10.9 Å². The molecule has 1 aromatic heterocycles. The van der Waals surface area contributed by atoms with Crippen LogP contribution in [0.2, 0.25) is 0 Å². The summed E-state index contributed by atoms with van der Waals surface area (Å²) >= 11 is 0. The van der Waals surface area contributed by atoms with Crippen LogP contribution in [-0.4, -0.2) is 16.6 Å². The minimum atomic E-state index is -0.520. The quantitative estimate of drug-likeness (QED) is 0.728. The Morgan fingerprint density at radius 1 is 1.09 bits per heavy atom. The molecule has 6 heteroatoms. The van der Waals surface area contributed by atoms with Crippen LogP contribution in [0.1, 0.15) is 17.4 Å². The molecule has 3 rings (SSSR count). The molecule has 1 heterocycles. The van der Waals surface area contributed by atoms with Gasteiger partial charge in [0, 0.05) is 23.7 Å². The van der Waals surface area contributed by atoms with E-state index in [0.29, 0.717) is 22.3 Å². The van der Waals surface area contributed by atoms with Crippen molar-refractivity contribution in [3.05, 3.63) is 60.3 Å². The average molecular weight is 309 g/mol. The van der Waals surface area contributed by atoms with E-state index in [-0.39, 0.29) is 11.6 Å². The lowest BCUT2D eigenvalue weighted by molar-refractivity contribution is -0.141. The van der Waals surface area contributed by atoms with Crippen LogP contribution in [0.15, 0.2) is 54.6 Å². The Hall–Kier alpha value is -3.28. The van der Waals surface area contributed by atoms with Gasteiger partial charge in [0.2, 0.25) is 0 Å². The zero-order chi connectivity index (χ0) is 16.4. The van der Waals surface area contributed by atoms with Gasteiger partial charge < -0.3 is 15.9 Å². The molecule has 0 radical (unpaired) electrons. The predicted octanol–water partition coefficient (Wildman–Crippen LogP) is 2.45. The molecule has 2 aromatic carbocycles. The summed E-state index contributed by atoms with van der Waals surface area (Å²) in [6.07, 6.45) is 0. The number of nitrogens with zero attached hydrogens (tertiary/aromatic N) is 1. The highest BCUT2D eigenvalue weighted by Gasteiger charge is 2.18. The SMILES string of the molecule is CC(=O)On1c(C(=O)Nc2ccccc2)cc2cc(N)ccc21. The Morgan fingerprint density at radius 3 is 2.52 bits per heavy atom. The van der Waals surface area contributed by atoms with E-state index in [2.05, 4.69) is 5.32 Å². The molecule has 0 spiro atoms. The normalized spacial score (nSPS) is 10.5. The molecule has 116 valence electrons. The van der Waals surface area contributed by atoms with Crippen molar-refractivity contribution in [2.45, 2.75) is 6.92 Å². The Morgan fingerprint density at radius 2 is 1.83 bits per heavy atom. The molecule has 0 aliphatic rings. The highest BCUT2D eigenvalue weighted by atomic mass is 16.7. The van der Waals surface area contributed by atoms with Gasteiger partial charge in [-0.25, -0.2) is 4.79 Å². The van der Waals surface area contributed by atoms with Crippen LogP contribution in [0, 0.1) is 0 Å². The number of benzene rings is 2. The van der Waals surface area contributed by atoms with Gasteiger partial charge >= 0.3 is 5.97 Å². The standard InChI is InChI=1S/C17H15N3O3/c1-11(21)23-20-15-8-7-13(18)9-12(15)10-16(20)17(22)19-14-5-3-2-4-6-14/h2-10H,18H2,1H3,(H,19,22). The Balaban J connectivity index is 2.04. The minimum absolute atomic E-state index is 0.213. The maximum atomic E-state index is 12.5. The molecular formula is C17H15N3O3. The fraction of sp³-hybridized carbons (Fsp3) is 0.0588. The van der Waals surface area contributed by atoms with Gasteiger partial charge in [-0.1, -0.05) is 18.2 Å². The second-order valence-corrected chi connectivity index (χ2v) is 5.05. The van der Waals surface area contributed by atoms with E-state index < -0.39 is 5.97 Å². The topological polar surface area (TPSA) is 86.3 Å². The van der Waals surface area contributed by atoms with Crippen molar-refractivity contribution in [2.75, 3.05) is 11.1 Å². The predicted molar refractivity (Wildman–Crippen MR) is 88.0 cm³/mol. The monoisotopic (exact) mass is 309 g/mol. The summed E-state index contributed by atoms with van der Waals surface area (Å²) < 4.78 is 1.22. The largest absolute Gasteiger partial charge is 0.399 e. The number of nitrogens with one attached hydrogen (secondary N) is 1. The first kappa shape index (κ1) is 14.6. The second-order valence-electron chi connectivity index (χ2n) is 5.05. The summed E-state index contributed by atoms with van der Waals surface area (Å²) in [7, 11) is 0. The lowest BCUT2D eigenvalue weighted by atomic mass is 10.2. The fourth-order valence-corrected chi connectivity index (χ4v) is 2.31. The summed E-state index contributed by atoms with van der Waals surface area (Å²) in [4.78, 5) is 29.0. The molecule has 0 atom stereocenters. The maximum absolute atomic E-state index is 12.5. The summed E-state index contributed by atoms with van der Waals surface area (Å²) in [5.74, 6) is -0.902. The van der Waals surface area contributed by atoms with Gasteiger partial charge in [-0.15, -0.1) is 0 Å². The molecule has 3 N–H and O–H groups in total. The van der Waals surface area contributed by atoms with Crippen LogP contribution in [0.4, 0.5) is 11.4 Å². The van der Waals surface area contributed by atoms with E-state index >= 15 is 0 Å². The maximum Gasteiger partial charge on any atom is 0.329 e. The zero-order valence-corrected chi connectivity index (χ0v) is 12.4. The average Bonchev–Trinajstić information content (AvgIpc) is 2.85. The number of carbonyl (C=O) groups excluding carboxylic acids is 2. The number of anilines is 2. The number of amides is 1. The van der Waals surface area contributed by atoms with E-state index in [1.807, 2.05) is 18.2 Å². The molecule has 0 aliphatic heterocycles. The third-order valence-electron chi connectivity index (χ3n) is 3.27. The first-order chi connectivity index (χ1) is 11.0. The number of hydrogen-bond donors (Lipinski definition) is 2. The van der Waals surface area contributed by atoms with Gasteiger partial charge in [0.25, 0.3) is 5.91 Å². The molecule has 0 unspecified atom stereocenters. The summed E-state index contributed by atoms with van der Waals surface area (Å²) in [5, 5.41) is 3.48. The first-order valence-electron chi connectivity index (χ1n) is 7.01. The third kappa shape index (κ3) is 3.01. The van der Waals surface area contributed by atoms with E-state index in [4.69, 9.17) is 10.6 Å². The number of hydrogen-bond acceptors (Lipinski definition) is 4. The van der Waals surface area contributed by atoms with Crippen LogP contribution in [0.5, 0.6) is 0 Å². The van der Waals surface area contributed by atoms with Gasteiger partial charge in [0.05, 0.1) is 5.52 Å². The fourth-order valence-electron chi connectivity index (χ4n) is 2.31. The van der Waals surface area contributed by atoms with Crippen LogP contribution >= 0.6 is 0 Å². The molecule has 0 aliphatic carbocycles. The van der Waals surface area contributed by atoms with Gasteiger partial charge in [0.15, 0.2) is 0 Å². The van der Waals surface area contributed by atoms with Crippen molar-refractivity contribution in [2.24, 2.45) is 0 Å². The number of nitrogens with two attached hydrogens (primary N) is 1. The number of carbonyl (C=O) groups is 2. The van der Waals surface area contributed by atoms with Crippen molar-refractivity contribution in [3.63, 3.8) is 0 Å². The zero-order valence-electron chi connectivity index (χ0n) is 12.4. The summed E-state index contributed by atoms with van der Waals surface area (Å²) in [6.45, 7) is 1.28. The first-order valence-corrected chi connectivity index (χ1v) is 7.01. The molecule has 0 bridgehead atoms. The van der Waals surface area contributed by atoms with E-state index in [1.54, 1.807) is 36.4 Å². The number of aromatic nitrogens is 1. The Labute approximate surface area is 132 Å². The Kier molecular flexibility index (Phi) is 3.72. The number of para-hydroxylation sites is 1. The molecule has 0 fully saturated rings. The van der Waals surface area contributed by atoms with Gasteiger partial charge in [-0.05, 0) is 36.4 Å². The number of fused-ring (bicyclic) bond motifs is 1. The molecular weight excluding hydrogens is 294 g/mol.